The molecule has 4 rings (SSSR count). The lowest BCUT2D eigenvalue weighted by Crippen LogP contribution is -2.33. The fraction of sp³-hybridized carbons (Fsp3) is 0.290. The number of halogens is 3. The minimum absolute atomic E-state index is 0.0711. The molecule has 0 amide bonds. The fourth-order valence-corrected chi connectivity index (χ4v) is 4.01. The van der Waals surface area contributed by atoms with Gasteiger partial charge in [-0.05, 0) is 62.6 Å². The normalized spacial score (nSPS) is 12.2. The minimum Gasteiger partial charge on any atom is -0.460 e. The Labute approximate surface area is 251 Å². The number of pyridine rings is 1. The molecule has 0 saturated carbocycles. The molecule has 44 heavy (non-hydrogen) atoms. The molecule has 0 spiro atoms. The largest absolute Gasteiger partial charge is 0.510 e. The predicted octanol–water partition coefficient (Wildman–Crippen LogP) is 6.65. The van der Waals surface area contributed by atoms with Crippen LogP contribution in [0.1, 0.15) is 49.5 Å². The van der Waals surface area contributed by atoms with E-state index in [1.165, 1.54) is 13.0 Å². The summed E-state index contributed by atoms with van der Waals surface area (Å²) in [6.45, 7) is 6.12. The van der Waals surface area contributed by atoms with Crippen LogP contribution in [0.4, 0.5) is 18.0 Å². The molecular formula is C31H28F3N5O5. The molecule has 2 heterocycles. The summed E-state index contributed by atoms with van der Waals surface area (Å²) in [7, 11) is 0. The Morgan fingerprint density at radius 1 is 0.977 bits per heavy atom. The molecule has 228 valence electrons. The van der Waals surface area contributed by atoms with Crippen molar-refractivity contribution in [3.8, 4) is 28.5 Å². The van der Waals surface area contributed by atoms with Crippen LogP contribution in [-0.4, -0.2) is 38.7 Å². The van der Waals surface area contributed by atoms with E-state index in [2.05, 4.69) is 15.2 Å². The molecule has 1 unspecified atom stereocenters. The number of esters is 1. The highest BCUT2D eigenvalue weighted by molar-refractivity contribution is 5.76. The van der Waals surface area contributed by atoms with Gasteiger partial charge in [-0.3, -0.25) is 9.78 Å². The Morgan fingerprint density at radius 3 is 2.32 bits per heavy atom. The van der Waals surface area contributed by atoms with Crippen LogP contribution in [0.3, 0.4) is 0 Å². The lowest BCUT2D eigenvalue weighted by atomic mass is 9.95. The molecule has 0 aliphatic carbocycles. The second-order valence-corrected chi connectivity index (χ2v) is 10.5. The molecule has 10 nitrogen and oxygen atoms in total. The van der Waals surface area contributed by atoms with E-state index in [1.54, 1.807) is 39.0 Å². The first kappa shape index (κ1) is 31.7. The molecule has 0 bridgehead atoms. The van der Waals surface area contributed by atoms with Crippen molar-refractivity contribution in [2.45, 2.75) is 46.7 Å². The highest BCUT2D eigenvalue weighted by Crippen LogP contribution is 2.32. The lowest BCUT2D eigenvalue weighted by Gasteiger charge is -2.22. The van der Waals surface area contributed by atoms with Gasteiger partial charge >= 0.3 is 18.3 Å². The molecule has 0 N–H and O–H groups in total. The minimum atomic E-state index is -4.56. The van der Waals surface area contributed by atoms with E-state index in [4.69, 9.17) is 14.2 Å². The number of aromatic nitrogens is 4. The van der Waals surface area contributed by atoms with Crippen LogP contribution in [0.5, 0.6) is 0 Å². The first-order valence-electron chi connectivity index (χ1n) is 13.3. The second kappa shape index (κ2) is 12.9. The summed E-state index contributed by atoms with van der Waals surface area (Å²) < 4.78 is 54.6. The van der Waals surface area contributed by atoms with Gasteiger partial charge in [-0.25, -0.2) is 4.79 Å². The number of nitrogens with zero attached hydrogens (tertiary/aromatic N) is 5. The van der Waals surface area contributed by atoms with Crippen LogP contribution in [0.2, 0.25) is 0 Å². The summed E-state index contributed by atoms with van der Waals surface area (Å²) in [6, 6.07) is 18.4. The van der Waals surface area contributed by atoms with Gasteiger partial charge in [0.05, 0.1) is 5.41 Å². The van der Waals surface area contributed by atoms with Gasteiger partial charge < -0.3 is 14.2 Å². The smallest absolute Gasteiger partial charge is 0.460 e. The Morgan fingerprint density at radius 2 is 1.68 bits per heavy atom. The fourth-order valence-electron chi connectivity index (χ4n) is 4.01. The van der Waals surface area contributed by atoms with Crippen LogP contribution in [0.25, 0.3) is 22.4 Å². The zero-order valence-electron chi connectivity index (χ0n) is 24.3. The maximum Gasteiger partial charge on any atom is 0.510 e. The van der Waals surface area contributed by atoms with E-state index >= 15 is 0 Å². The number of hydrogen-bond donors (Lipinski definition) is 0. The number of ether oxygens (including phenoxy) is 3. The molecule has 0 aliphatic heterocycles. The monoisotopic (exact) mass is 607 g/mol. The van der Waals surface area contributed by atoms with Crippen molar-refractivity contribution in [1.29, 1.82) is 5.26 Å². The number of alkyl halides is 3. The van der Waals surface area contributed by atoms with Gasteiger partial charge in [0.15, 0.2) is 5.69 Å². The van der Waals surface area contributed by atoms with Crippen LogP contribution in [-0.2, 0) is 31.8 Å². The van der Waals surface area contributed by atoms with Crippen molar-refractivity contribution in [1.82, 2.24) is 20.0 Å². The SMILES string of the molecule is Cc1cc(-c2ccc(C(F)(F)F)nc2)cc(-c2nn(C(C)OC(=O)OCC(C)(C)C(=O)OCc3ccccc3)nc2C#N)c1. The topological polar surface area (TPSA) is 129 Å². The average Bonchev–Trinajstić information content (AvgIpc) is 3.44. The zero-order valence-corrected chi connectivity index (χ0v) is 24.3. The molecule has 13 heteroatoms. The van der Waals surface area contributed by atoms with Gasteiger partial charge in [0, 0.05) is 17.3 Å². The van der Waals surface area contributed by atoms with Crippen molar-refractivity contribution in [3.05, 3.63) is 89.4 Å². The Balaban J connectivity index is 1.42. The number of carbonyl (C=O) groups is 2. The third-order valence-corrected chi connectivity index (χ3v) is 6.38. The molecule has 1 atom stereocenters. The number of carbonyl (C=O) groups excluding carboxylic acids is 2. The second-order valence-electron chi connectivity index (χ2n) is 10.5. The number of aryl methyl sites for hydroxylation is 1. The van der Waals surface area contributed by atoms with Gasteiger partial charge in [0.1, 0.15) is 30.7 Å². The van der Waals surface area contributed by atoms with Gasteiger partial charge in [-0.2, -0.15) is 18.4 Å². The molecule has 0 radical (unpaired) electrons. The van der Waals surface area contributed by atoms with Crippen LogP contribution in [0.15, 0.2) is 66.9 Å². The molecule has 2 aromatic carbocycles. The molecule has 0 aliphatic rings. The summed E-state index contributed by atoms with van der Waals surface area (Å²) in [5, 5.41) is 18.2. The van der Waals surface area contributed by atoms with Crippen LogP contribution in [0, 0.1) is 23.7 Å². The first-order valence-corrected chi connectivity index (χ1v) is 13.3. The number of rotatable bonds is 9. The highest BCUT2D eigenvalue weighted by atomic mass is 19.4. The molecule has 4 aromatic rings. The maximum atomic E-state index is 12.9. The van der Waals surface area contributed by atoms with E-state index in [0.717, 1.165) is 28.2 Å². The molecule has 0 fully saturated rings. The third-order valence-electron chi connectivity index (χ3n) is 6.38. The standard InChI is InChI=1S/C31H28F3N5O5/c1-19-12-23(22-10-11-26(36-16-22)31(32,33)34)14-24(13-19)27-25(15-35)37-39(38-27)20(2)44-29(41)43-18-30(3,4)28(40)42-17-21-8-6-5-7-9-21/h5-14,16,20H,17-18H2,1-4H3. The molecule has 2 aromatic heterocycles. The summed E-state index contributed by atoms with van der Waals surface area (Å²) in [5.74, 6) is -0.566. The van der Waals surface area contributed by atoms with Gasteiger partial charge in [0.2, 0.25) is 6.23 Å². The average molecular weight is 608 g/mol. The zero-order chi connectivity index (χ0) is 32.1. The van der Waals surface area contributed by atoms with Crippen molar-refractivity contribution in [3.63, 3.8) is 0 Å². The highest BCUT2D eigenvalue weighted by Gasteiger charge is 2.33. The first-order chi connectivity index (χ1) is 20.8. The van der Waals surface area contributed by atoms with E-state index < -0.39 is 35.6 Å². The quantitative estimate of drug-likeness (QED) is 0.192. The van der Waals surface area contributed by atoms with Crippen molar-refractivity contribution < 1.29 is 37.0 Å². The number of nitriles is 1. The van der Waals surface area contributed by atoms with E-state index in [1.807, 2.05) is 36.4 Å². The van der Waals surface area contributed by atoms with Gasteiger partial charge in [-0.1, -0.05) is 42.5 Å². The van der Waals surface area contributed by atoms with Crippen molar-refractivity contribution in [2.75, 3.05) is 6.61 Å². The Hall–Kier alpha value is -5.25. The number of benzene rings is 2. The van der Waals surface area contributed by atoms with Crippen LogP contribution >= 0.6 is 0 Å². The summed E-state index contributed by atoms with van der Waals surface area (Å²) in [6.07, 6.45) is -5.63. The van der Waals surface area contributed by atoms with Gasteiger partial charge in [0.25, 0.3) is 0 Å². The summed E-state index contributed by atoms with van der Waals surface area (Å²) in [4.78, 5) is 29.5. The van der Waals surface area contributed by atoms with Gasteiger partial charge in [-0.15, -0.1) is 15.0 Å². The third kappa shape index (κ3) is 7.77. The summed E-state index contributed by atoms with van der Waals surface area (Å²) >= 11 is 0. The van der Waals surface area contributed by atoms with E-state index in [-0.39, 0.29) is 24.6 Å². The lowest BCUT2D eigenvalue weighted by molar-refractivity contribution is -0.158. The number of hydrogen-bond acceptors (Lipinski definition) is 9. The maximum absolute atomic E-state index is 12.9. The van der Waals surface area contributed by atoms with Crippen LogP contribution < -0.4 is 0 Å². The van der Waals surface area contributed by atoms with Crippen molar-refractivity contribution in [2.24, 2.45) is 5.41 Å². The van der Waals surface area contributed by atoms with Crippen molar-refractivity contribution >= 4 is 12.1 Å². The predicted molar refractivity (Wildman–Crippen MR) is 150 cm³/mol. The summed E-state index contributed by atoms with van der Waals surface area (Å²) in [5.41, 5.74) is 0.935. The molecular weight excluding hydrogens is 579 g/mol. The Bertz CT molecular complexity index is 1680. The molecule has 0 saturated heterocycles. The van der Waals surface area contributed by atoms with E-state index in [0.29, 0.717) is 16.7 Å². The van der Waals surface area contributed by atoms with E-state index in [9.17, 15) is 28.0 Å². The Kier molecular flexibility index (Phi) is 9.32.